The van der Waals surface area contributed by atoms with Gasteiger partial charge in [0, 0.05) is 37.5 Å². The maximum absolute atomic E-state index is 12.7. The minimum atomic E-state index is -3.66. The molecular formula is C21H21ClN4O5S. The minimum Gasteiger partial charge on any atom is -0.462 e. The zero-order chi connectivity index (χ0) is 22.6. The monoisotopic (exact) mass is 476 g/mol. The lowest BCUT2D eigenvalue weighted by Gasteiger charge is -2.16. The van der Waals surface area contributed by atoms with Gasteiger partial charge in [-0.1, -0.05) is 16.8 Å². The summed E-state index contributed by atoms with van der Waals surface area (Å²) in [5, 5.41) is 4.05. The second-order valence-corrected chi connectivity index (χ2v) is 9.59. The third-order valence-electron chi connectivity index (χ3n) is 5.02. The molecule has 11 heteroatoms. The molecule has 0 saturated carbocycles. The maximum Gasteiger partial charge on any atom is 0.339 e. The molecule has 0 aliphatic carbocycles. The first-order chi connectivity index (χ1) is 15.4. The largest absolute Gasteiger partial charge is 0.462 e. The summed E-state index contributed by atoms with van der Waals surface area (Å²) in [6.07, 6.45) is 5.80. The zero-order valence-corrected chi connectivity index (χ0v) is 18.7. The van der Waals surface area contributed by atoms with Crippen molar-refractivity contribution in [3.8, 4) is 11.4 Å². The van der Waals surface area contributed by atoms with Crippen LogP contribution in [0.15, 0.2) is 52.1 Å². The average molecular weight is 477 g/mol. The number of carbonyl (C=O) groups is 1. The molecule has 0 spiro atoms. The summed E-state index contributed by atoms with van der Waals surface area (Å²) in [5.41, 5.74) is 0.760. The van der Waals surface area contributed by atoms with Gasteiger partial charge in [0.05, 0.1) is 22.1 Å². The topological polar surface area (TPSA) is 115 Å². The van der Waals surface area contributed by atoms with Crippen molar-refractivity contribution in [2.75, 3.05) is 19.7 Å². The Balaban J connectivity index is 1.34. The lowest BCUT2D eigenvalue weighted by molar-refractivity contribution is 0.0498. The van der Waals surface area contributed by atoms with E-state index in [1.54, 1.807) is 18.5 Å². The Labute approximate surface area is 190 Å². The molecule has 32 heavy (non-hydrogen) atoms. The van der Waals surface area contributed by atoms with Crippen molar-refractivity contribution >= 4 is 27.6 Å². The zero-order valence-electron chi connectivity index (χ0n) is 17.1. The van der Waals surface area contributed by atoms with Crippen molar-refractivity contribution in [2.45, 2.75) is 30.6 Å². The number of sulfonamides is 1. The van der Waals surface area contributed by atoms with Crippen molar-refractivity contribution in [3.05, 3.63) is 59.2 Å². The molecule has 2 aromatic heterocycles. The number of rotatable bonds is 8. The van der Waals surface area contributed by atoms with Crippen LogP contribution in [0.5, 0.6) is 0 Å². The molecule has 4 rings (SSSR count). The number of aromatic nitrogens is 3. The summed E-state index contributed by atoms with van der Waals surface area (Å²) < 4.78 is 37.4. The molecule has 0 radical (unpaired) electrons. The number of pyridine rings is 1. The van der Waals surface area contributed by atoms with E-state index >= 15 is 0 Å². The molecule has 0 atom stereocenters. The van der Waals surface area contributed by atoms with Gasteiger partial charge in [-0.2, -0.15) is 9.29 Å². The van der Waals surface area contributed by atoms with Gasteiger partial charge in [0.2, 0.25) is 21.7 Å². The number of benzene rings is 1. The first kappa shape index (κ1) is 22.4. The number of ether oxygens (including phenoxy) is 1. The Kier molecular flexibility index (Phi) is 6.83. The molecule has 3 aromatic rings. The highest BCUT2D eigenvalue weighted by atomic mass is 35.5. The average Bonchev–Trinajstić information content (AvgIpc) is 3.50. The van der Waals surface area contributed by atoms with Crippen LogP contribution in [-0.4, -0.2) is 53.5 Å². The van der Waals surface area contributed by atoms with Crippen molar-refractivity contribution in [3.63, 3.8) is 0 Å². The van der Waals surface area contributed by atoms with E-state index in [1.807, 2.05) is 6.07 Å². The van der Waals surface area contributed by atoms with Crippen LogP contribution >= 0.6 is 11.6 Å². The van der Waals surface area contributed by atoms with Crippen LogP contribution in [0.1, 0.15) is 35.5 Å². The molecule has 0 amide bonds. The summed E-state index contributed by atoms with van der Waals surface area (Å²) in [7, 11) is -3.66. The smallest absolute Gasteiger partial charge is 0.339 e. The molecule has 1 fully saturated rings. The maximum atomic E-state index is 12.7. The van der Waals surface area contributed by atoms with Gasteiger partial charge in [0.25, 0.3) is 0 Å². The van der Waals surface area contributed by atoms with Gasteiger partial charge in [-0.15, -0.1) is 0 Å². The van der Waals surface area contributed by atoms with Crippen LogP contribution < -0.4 is 0 Å². The van der Waals surface area contributed by atoms with E-state index in [2.05, 4.69) is 15.1 Å². The molecule has 1 aromatic carbocycles. The number of aryl methyl sites for hydroxylation is 1. The van der Waals surface area contributed by atoms with E-state index in [4.69, 9.17) is 20.9 Å². The lowest BCUT2D eigenvalue weighted by Crippen LogP contribution is -2.28. The Bertz CT molecular complexity index is 1190. The van der Waals surface area contributed by atoms with Gasteiger partial charge >= 0.3 is 5.97 Å². The summed E-state index contributed by atoms with van der Waals surface area (Å²) in [4.78, 5) is 20.8. The lowest BCUT2D eigenvalue weighted by atomic mass is 10.2. The van der Waals surface area contributed by atoms with Gasteiger partial charge < -0.3 is 9.26 Å². The second kappa shape index (κ2) is 9.76. The summed E-state index contributed by atoms with van der Waals surface area (Å²) in [6.45, 7) is 1.04. The van der Waals surface area contributed by atoms with Gasteiger partial charge in [-0.05, 0) is 49.6 Å². The first-order valence-electron chi connectivity index (χ1n) is 10.1. The van der Waals surface area contributed by atoms with Gasteiger partial charge in [-0.3, -0.25) is 4.98 Å². The molecule has 1 saturated heterocycles. The van der Waals surface area contributed by atoms with E-state index < -0.39 is 16.0 Å². The number of carbonyl (C=O) groups excluding carboxylic acids is 1. The van der Waals surface area contributed by atoms with Crippen molar-refractivity contribution in [1.29, 1.82) is 0 Å². The van der Waals surface area contributed by atoms with E-state index in [-0.39, 0.29) is 22.1 Å². The number of nitrogens with zero attached hydrogens (tertiary/aromatic N) is 4. The first-order valence-corrected chi connectivity index (χ1v) is 12.0. The van der Waals surface area contributed by atoms with Crippen LogP contribution in [0.4, 0.5) is 0 Å². The Morgan fingerprint density at radius 2 is 2.03 bits per heavy atom. The Morgan fingerprint density at radius 3 is 2.78 bits per heavy atom. The fourth-order valence-electron chi connectivity index (χ4n) is 3.33. The predicted molar refractivity (Wildman–Crippen MR) is 116 cm³/mol. The van der Waals surface area contributed by atoms with Crippen LogP contribution in [0.25, 0.3) is 11.4 Å². The van der Waals surface area contributed by atoms with Crippen LogP contribution in [0, 0.1) is 0 Å². The Hall–Kier alpha value is -2.82. The summed E-state index contributed by atoms with van der Waals surface area (Å²) >= 11 is 6.12. The SMILES string of the molecule is O=C(OCCCc1nc(-c2cccnc2)no1)c1cc(S(=O)(=O)N2CCCC2)ccc1Cl. The van der Waals surface area contributed by atoms with Crippen molar-refractivity contribution in [2.24, 2.45) is 0 Å². The van der Waals surface area contributed by atoms with Crippen molar-refractivity contribution < 1.29 is 22.5 Å². The normalized spacial score (nSPS) is 14.5. The van der Waals surface area contributed by atoms with E-state index in [1.165, 1.54) is 22.5 Å². The third-order valence-corrected chi connectivity index (χ3v) is 7.24. The summed E-state index contributed by atoms with van der Waals surface area (Å²) in [5.74, 6) is 0.166. The molecule has 0 bridgehead atoms. The molecule has 9 nitrogen and oxygen atoms in total. The van der Waals surface area contributed by atoms with E-state index in [9.17, 15) is 13.2 Å². The highest BCUT2D eigenvalue weighted by Crippen LogP contribution is 2.26. The molecule has 3 heterocycles. The number of hydrogen-bond donors (Lipinski definition) is 0. The molecule has 1 aliphatic rings. The highest BCUT2D eigenvalue weighted by molar-refractivity contribution is 7.89. The van der Waals surface area contributed by atoms with Gasteiger partial charge in [0.15, 0.2) is 0 Å². The van der Waals surface area contributed by atoms with Gasteiger partial charge in [-0.25, -0.2) is 13.2 Å². The third kappa shape index (κ3) is 4.98. The van der Waals surface area contributed by atoms with E-state index in [0.29, 0.717) is 37.6 Å². The fraction of sp³-hybridized carbons (Fsp3) is 0.333. The second-order valence-electron chi connectivity index (χ2n) is 7.25. The standard InChI is InChI=1S/C21H21ClN4O5S/c22-18-8-7-16(32(28,29)26-10-1-2-11-26)13-17(18)21(27)30-12-4-6-19-24-20(25-31-19)15-5-3-9-23-14-15/h3,5,7-9,13-14H,1-2,4,6,10-12H2. The molecule has 168 valence electrons. The number of halogens is 1. The quantitative estimate of drug-likeness (QED) is 0.359. The van der Waals surface area contributed by atoms with E-state index in [0.717, 1.165) is 18.4 Å². The molecule has 0 N–H and O–H groups in total. The Morgan fingerprint density at radius 1 is 1.22 bits per heavy atom. The van der Waals surface area contributed by atoms with Crippen LogP contribution in [0.2, 0.25) is 5.02 Å². The number of hydrogen-bond acceptors (Lipinski definition) is 8. The van der Waals surface area contributed by atoms with Crippen molar-refractivity contribution in [1.82, 2.24) is 19.4 Å². The van der Waals surface area contributed by atoms with Crippen LogP contribution in [-0.2, 0) is 21.2 Å². The number of esters is 1. The van der Waals surface area contributed by atoms with Crippen LogP contribution in [0.3, 0.4) is 0 Å². The predicted octanol–water partition coefficient (Wildman–Crippen LogP) is 3.36. The highest BCUT2D eigenvalue weighted by Gasteiger charge is 2.28. The molecular weight excluding hydrogens is 456 g/mol. The fourth-order valence-corrected chi connectivity index (χ4v) is 5.07. The summed E-state index contributed by atoms with van der Waals surface area (Å²) in [6, 6.07) is 7.69. The minimum absolute atomic E-state index is 0.0172. The molecule has 0 unspecified atom stereocenters. The van der Waals surface area contributed by atoms with Gasteiger partial charge in [0.1, 0.15) is 0 Å². The molecule has 1 aliphatic heterocycles.